The summed E-state index contributed by atoms with van der Waals surface area (Å²) in [5, 5.41) is 8.24. The largest absolute Gasteiger partial charge is 0.461 e. The number of nitrogens with one attached hydrogen (secondary N) is 1. The molecule has 37 heavy (non-hydrogen) atoms. The maximum Gasteiger partial charge on any atom is 0.225 e. The van der Waals surface area contributed by atoms with Crippen LogP contribution >= 0.6 is 0 Å². The summed E-state index contributed by atoms with van der Waals surface area (Å²) in [6.45, 7) is 7.64. The zero-order valence-corrected chi connectivity index (χ0v) is 21.0. The zero-order chi connectivity index (χ0) is 25.0. The smallest absolute Gasteiger partial charge is 0.225 e. The van der Waals surface area contributed by atoms with Crippen molar-refractivity contribution < 1.29 is 4.42 Å². The number of para-hydroxylation sites is 1. The Bertz CT molecular complexity index is 1450. The van der Waals surface area contributed by atoms with Crippen LogP contribution in [0.25, 0.3) is 17.2 Å². The Morgan fingerprint density at radius 1 is 0.892 bits per heavy atom. The summed E-state index contributed by atoms with van der Waals surface area (Å²) in [5.41, 5.74) is 5.78. The predicted octanol–water partition coefficient (Wildman–Crippen LogP) is 4.67. The van der Waals surface area contributed by atoms with Gasteiger partial charge in [0.05, 0.1) is 6.26 Å². The fourth-order valence-corrected chi connectivity index (χ4v) is 4.90. The van der Waals surface area contributed by atoms with E-state index < -0.39 is 0 Å². The molecule has 8 heteroatoms. The quantitative estimate of drug-likeness (QED) is 0.337. The summed E-state index contributed by atoms with van der Waals surface area (Å²) in [6, 6.07) is 22.8. The van der Waals surface area contributed by atoms with Crippen molar-refractivity contribution in [2.75, 3.05) is 42.9 Å². The van der Waals surface area contributed by atoms with Crippen LogP contribution < -0.4 is 10.2 Å². The molecule has 0 saturated carbocycles. The first-order valence-corrected chi connectivity index (χ1v) is 12.8. The van der Waals surface area contributed by atoms with Crippen molar-refractivity contribution in [3.63, 3.8) is 0 Å². The third-order valence-electron chi connectivity index (χ3n) is 7.01. The van der Waals surface area contributed by atoms with E-state index in [1.807, 2.05) is 22.8 Å². The van der Waals surface area contributed by atoms with Crippen LogP contribution in [-0.2, 0) is 13.0 Å². The average Bonchev–Trinajstić information content (AvgIpc) is 3.63. The van der Waals surface area contributed by atoms with Gasteiger partial charge in [-0.05, 0) is 48.7 Å². The van der Waals surface area contributed by atoms with Crippen LogP contribution in [0.3, 0.4) is 0 Å². The van der Waals surface area contributed by atoms with Crippen LogP contribution in [0.2, 0.25) is 0 Å². The number of benzene rings is 2. The number of hydrogen-bond donors (Lipinski definition) is 1. The van der Waals surface area contributed by atoms with E-state index in [2.05, 4.69) is 76.6 Å². The molecule has 0 unspecified atom stereocenters. The molecule has 3 aromatic heterocycles. The first kappa shape index (κ1) is 23.2. The molecule has 1 aliphatic heterocycles. The standard InChI is InChI=1S/C29H31N7O/c1-22-8-5-6-9-23(22)13-14-30-29-31-20-24(28-32-27(33-36(28)29)26-12-7-19-37-26)21-34-15-17-35(18-16-34)25-10-3-2-4-11-25/h2-12,19-20H,13-18,21H2,1H3,(H,30,31). The van der Waals surface area contributed by atoms with E-state index in [-0.39, 0.29) is 0 Å². The Kier molecular flexibility index (Phi) is 6.56. The first-order chi connectivity index (χ1) is 18.2. The van der Waals surface area contributed by atoms with Crippen molar-refractivity contribution in [1.29, 1.82) is 0 Å². The minimum absolute atomic E-state index is 0.565. The second-order valence-corrected chi connectivity index (χ2v) is 9.46. The number of nitrogens with zero attached hydrogens (tertiary/aromatic N) is 6. The fourth-order valence-electron chi connectivity index (χ4n) is 4.90. The van der Waals surface area contributed by atoms with Gasteiger partial charge in [-0.15, -0.1) is 5.10 Å². The maximum absolute atomic E-state index is 5.59. The summed E-state index contributed by atoms with van der Waals surface area (Å²) in [4.78, 5) is 14.5. The Labute approximate surface area is 216 Å². The first-order valence-electron chi connectivity index (χ1n) is 12.8. The molecule has 4 heterocycles. The highest BCUT2D eigenvalue weighted by molar-refractivity contribution is 5.58. The molecule has 6 rings (SSSR count). The lowest BCUT2D eigenvalue weighted by Crippen LogP contribution is -2.46. The van der Waals surface area contributed by atoms with Crippen molar-refractivity contribution in [3.8, 4) is 11.6 Å². The maximum atomic E-state index is 5.59. The van der Waals surface area contributed by atoms with E-state index in [1.54, 1.807) is 6.26 Å². The Morgan fingerprint density at radius 3 is 2.49 bits per heavy atom. The number of hydrogen-bond acceptors (Lipinski definition) is 7. The third-order valence-corrected chi connectivity index (χ3v) is 7.01. The molecule has 188 valence electrons. The molecule has 2 aromatic carbocycles. The second-order valence-electron chi connectivity index (χ2n) is 9.46. The molecule has 1 aliphatic rings. The highest BCUT2D eigenvalue weighted by Crippen LogP contribution is 2.23. The van der Waals surface area contributed by atoms with Crippen LogP contribution in [-0.4, -0.2) is 57.2 Å². The molecule has 0 radical (unpaired) electrons. The van der Waals surface area contributed by atoms with Crippen LogP contribution in [0.1, 0.15) is 16.7 Å². The van der Waals surface area contributed by atoms with Crippen LogP contribution in [0.5, 0.6) is 0 Å². The lowest BCUT2D eigenvalue weighted by Gasteiger charge is -2.36. The molecular formula is C29H31N7O. The van der Waals surface area contributed by atoms with Crippen molar-refractivity contribution >= 4 is 17.3 Å². The molecule has 0 spiro atoms. The Morgan fingerprint density at radius 2 is 1.70 bits per heavy atom. The highest BCUT2D eigenvalue weighted by Gasteiger charge is 2.21. The molecule has 1 saturated heterocycles. The van der Waals surface area contributed by atoms with Crippen molar-refractivity contribution in [3.05, 3.63) is 95.9 Å². The molecule has 1 fully saturated rings. The van der Waals surface area contributed by atoms with Crippen molar-refractivity contribution in [2.45, 2.75) is 19.9 Å². The van der Waals surface area contributed by atoms with Crippen LogP contribution in [0.15, 0.2) is 83.6 Å². The van der Waals surface area contributed by atoms with Crippen molar-refractivity contribution in [1.82, 2.24) is 24.5 Å². The zero-order valence-electron chi connectivity index (χ0n) is 21.0. The molecule has 0 atom stereocenters. The summed E-state index contributed by atoms with van der Waals surface area (Å²) in [5.74, 6) is 1.90. The van der Waals surface area contributed by atoms with Gasteiger partial charge in [0, 0.05) is 56.7 Å². The van der Waals surface area contributed by atoms with Gasteiger partial charge in [0.15, 0.2) is 11.4 Å². The van der Waals surface area contributed by atoms with Gasteiger partial charge < -0.3 is 14.6 Å². The second kappa shape index (κ2) is 10.4. The molecule has 0 aliphatic carbocycles. The van der Waals surface area contributed by atoms with Crippen LogP contribution in [0.4, 0.5) is 11.6 Å². The van der Waals surface area contributed by atoms with Crippen LogP contribution in [0, 0.1) is 6.92 Å². The number of fused-ring (bicyclic) bond motifs is 1. The van der Waals surface area contributed by atoms with Gasteiger partial charge in [0.2, 0.25) is 11.8 Å². The van der Waals surface area contributed by atoms with E-state index >= 15 is 0 Å². The Hall–Kier alpha value is -4.17. The topological polar surface area (TPSA) is 74.7 Å². The van der Waals surface area contributed by atoms with E-state index in [0.29, 0.717) is 17.5 Å². The minimum atomic E-state index is 0.565. The van der Waals surface area contributed by atoms with E-state index in [4.69, 9.17) is 19.5 Å². The van der Waals surface area contributed by atoms with Crippen molar-refractivity contribution in [2.24, 2.45) is 0 Å². The number of aromatic nitrogens is 4. The lowest BCUT2D eigenvalue weighted by molar-refractivity contribution is 0.250. The minimum Gasteiger partial charge on any atom is -0.461 e. The van der Waals surface area contributed by atoms with Gasteiger partial charge in [0.1, 0.15) is 0 Å². The number of anilines is 2. The normalized spacial score (nSPS) is 14.4. The number of rotatable bonds is 8. The summed E-state index contributed by atoms with van der Waals surface area (Å²) in [6.07, 6.45) is 4.49. The number of piperazine rings is 1. The lowest BCUT2D eigenvalue weighted by atomic mass is 10.1. The SMILES string of the molecule is Cc1ccccc1CCNc1ncc(CN2CCN(c3ccccc3)CC2)c2nc(-c3ccco3)nn12. The molecule has 0 amide bonds. The fraction of sp³-hybridized carbons (Fsp3) is 0.276. The monoisotopic (exact) mass is 493 g/mol. The molecule has 5 aromatic rings. The molecule has 8 nitrogen and oxygen atoms in total. The average molecular weight is 494 g/mol. The predicted molar refractivity (Wildman–Crippen MR) is 146 cm³/mol. The molecule has 1 N–H and O–H groups in total. The molecule has 0 bridgehead atoms. The summed E-state index contributed by atoms with van der Waals surface area (Å²) < 4.78 is 7.41. The Balaban J connectivity index is 1.21. The number of aryl methyl sites for hydroxylation is 1. The van der Waals surface area contributed by atoms with Gasteiger partial charge >= 0.3 is 0 Å². The van der Waals surface area contributed by atoms with Gasteiger partial charge in [-0.3, -0.25) is 4.90 Å². The van der Waals surface area contributed by atoms with Gasteiger partial charge in [-0.25, -0.2) is 9.97 Å². The third kappa shape index (κ3) is 5.06. The summed E-state index contributed by atoms with van der Waals surface area (Å²) >= 11 is 0. The van der Waals surface area contributed by atoms with E-state index in [0.717, 1.165) is 56.9 Å². The molecular weight excluding hydrogens is 462 g/mol. The van der Waals surface area contributed by atoms with E-state index in [1.165, 1.54) is 16.8 Å². The van der Waals surface area contributed by atoms with Gasteiger partial charge in [-0.2, -0.15) is 4.52 Å². The van der Waals surface area contributed by atoms with E-state index in [9.17, 15) is 0 Å². The highest BCUT2D eigenvalue weighted by atomic mass is 16.3. The van der Waals surface area contributed by atoms with Gasteiger partial charge in [0.25, 0.3) is 0 Å². The summed E-state index contributed by atoms with van der Waals surface area (Å²) in [7, 11) is 0. The number of furan rings is 1. The van der Waals surface area contributed by atoms with Gasteiger partial charge in [-0.1, -0.05) is 42.5 Å².